The normalized spacial score (nSPS) is 11.0. The molecule has 1 aromatic rings. The van der Waals surface area contributed by atoms with Crippen LogP contribution in [-0.4, -0.2) is 9.85 Å². The van der Waals surface area contributed by atoms with Crippen molar-refractivity contribution >= 4 is 9.85 Å². The van der Waals surface area contributed by atoms with Crippen LogP contribution in [0.5, 0.6) is 0 Å². The predicted molar refractivity (Wildman–Crippen MR) is 39.8 cm³/mol. The molecule has 0 radical (unpaired) electrons. The van der Waals surface area contributed by atoms with Crippen molar-refractivity contribution in [2.75, 3.05) is 0 Å². The Morgan fingerprint density at radius 2 is 1.80 bits per heavy atom. The van der Waals surface area contributed by atoms with Crippen molar-refractivity contribution in [1.82, 2.24) is 0 Å². The number of hydrogen-bond acceptors (Lipinski definition) is 0. The molecule has 0 atom stereocenters. The van der Waals surface area contributed by atoms with Crippen molar-refractivity contribution in [3.63, 3.8) is 0 Å². The van der Waals surface area contributed by atoms with E-state index in [4.69, 9.17) is 0 Å². The largest absolute Gasteiger partial charge is 0.322 e. The lowest BCUT2D eigenvalue weighted by molar-refractivity contribution is 0.627. The molecular formula is C7H8F2Si. The summed E-state index contributed by atoms with van der Waals surface area (Å²) >= 11 is 0. The molecule has 1 aromatic carbocycles. The van der Waals surface area contributed by atoms with Crippen LogP contribution in [0.2, 0.25) is 0 Å². The van der Waals surface area contributed by atoms with E-state index < -0.39 is 9.85 Å². The van der Waals surface area contributed by atoms with Crippen LogP contribution in [0.15, 0.2) is 24.3 Å². The van der Waals surface area contributed by atoms with E-state index in [2.05, 4.69) is 0 Å². The molecule has 0 aromatic heterocycles. The maximum atomic E-state index is 12.2. The first kappa shape index (κ1) is 7.40. The van der Waals surface area contributed by atoms with Crippen LogP contribution >= 0.6 is 0 Å². The summed E-state index contributed by atoms with van der Waals surface area (Å²) in [5, 5.41) is 0. The van der Waals surface area contributed by atoms with Gasteiger partial charge in [-0.15, -0.1) is 0 Å². The standard InChI is InChI=1S/C7H8F2Si/c8-7-3-1-6(2-4-7)5-10-9/h1-4H,5,10H2. The molecule has 0 aliphatic rings. The van der Waals surface area contributed by atoms with E-state index in [1.165, 1.54) is 12.1 Å². The third-order valence-electron chi connectivity index (χ3n) is 1.30. The van der Waals surface area contributed by atoms with Gasteiger partial charge >= 0.3 is 0 Å². The third-order valence-corrected chi connectivity index (χ3v) is 2.06. The van der Waals surface area contributed by atoms with Crippen LogP contribution in [0.4, 0.5) is 8.50 Å². The second kappa shape index (κ2) is 3.46. The van der Waals surface area contributed by atoms with Gasteiger partial charge < -0.3 is 4.11 Å². The zero-order valence-electron chi connectivity index (χ0n) is 5.48. The molecule has 0 fully saturated rings. The lowest BCUT2D eigenvalue weighted by atomic mass is 10.2. The van der Waals surface area contributed by atoms with Gasteiger partial charge in [0.2, 0.25) is 9.85 Å². The third kappa shape index (κ3) is 1.91. The molecule has 0 saturated heterocycles. The zero-order chi connectivity index (χ0) is 7.40. The van der Waals surface area contributed by atoms with Gasteiger partial charge in [0.05, 0.1) is 0 Å². The quantitative estimate of drug-likeness (QED) is 0.450. The van der Waals surface area contributed by atoms with Crippen LogP contribution in [0.25, 0.3) is 0 Å². The van der Waals surface area contributed by atoms with Gasteiger partial charge in [-0.25, -0.2) is 4.39 Å². The van der Waals surface area contributed by atoms with Gasteiger partial charge in [-0.1, -0.05) is 12.1 Å². The predicted octanol–water partition coefficient (Wildman–Crippen LogP) is 1.38. The summed E-state index contributed by atoms with van der Waals surface area (Å²) in [5.74, 6) is -0.260. The van der Waals surface area contributed by atoms with Gasteiger partial charge in [0, 0.05) is 0 Å². The number of halogens is 2. The Kier molecular flexibility index (Phi) is 2.56. The van der Waals surface area contributed by atoms with Crippen LogP contribution in [0, 0.1) is 5.82 Å². The molecule has 10 heavy (non-hydrogen) atoms. The summed E-state index contributed by atoms with van der Waals surface area (Å²) in [7, 11) is -1.42. The Balaban J connectivity index is 2.69. The van der Waals surface area contributed by atoms with E-state index in [0.29, 0.717) is 6.04 Å². The highest BCUT2D eigenvalue weighted by atomic mass is 28.3. The van der Waals surface area contributed by atoms with Crippen LogP contribution in [0.1, 0.15) is 5.56 Å². The molecule has 0 bridgehead atoms. The second-order valence-electron chi connectivity index (χ2n) is 2.07. The van der Waals surface area contributed by atoms with Gasteiger partial charge in [0.1, 0.15) is 5.82 Å². The van der Waals surface area contributed by atoms with Crippen molar-refractivity contribution < 1.29 is 8.50 Å². The molecule has 3 heteroatoms. The molecule has 0 N–H and O–H groups in total. The molecule has 54 valence electrons. The van der Waals surface area contributed by atoms with E-state index in [1.807, 2.05) is 0 Å². The second-order valence-corrected chi connectivity index (χ2v) is 2.94. The number of benzene rings is 1. The van der Waals surface area contributed by atoms with Crippen molar-refractivity contribution in [2.45, 2.75) is 6.04 Å². The van der Waals surface area contributed by atoms with Crippen molar-refractivity contribution in [3.05, 3.63) is 35.6 Å². The molecule has 0 aliphatic carbocycles. The van der Waals surface area contributed by atoms with E-state index in [0.717, 1.165) is 5.56 Å². The summed E-state index contributed by atoms with van der Waals surface area (Å²) in [6, 6.07) is 6.49. The minimum absolute atomic E-state index is 0.260. The van der Waals surface area contributed by atoms with Gasteiger partial charge in [-0.3, -0.25) is 0 Å². The summed E-state index contributed by atoms with van der Waals surface area (Å²) in [6.07, 6.45) is 0. The fourth-order valence-electron chi connectivity index (χ4n) is 0.760. The number of rotatable bonds is 2. The summed E-state index contributed by atoms with van der Waals surface area (Å²) < 4.78 is 24.1. The molecule has 0 nitrogen and oxygen atoms in total. The lowest BCUT2D eigenvalue weighted by Crippen LogP contribution is -1.89. The Bertz CT molecular complexity index is 195. The topological polar surface area (TPSA) is 0 Å². The maximum absolute atomic E-state index is 12.2. The van der Waals surface area contributed by atoms with Crippen molar-refractivity contribution in [1.29, 1.82) is 0 Å². The first-order valence-electron chi connectivity index (χ1n) is 3.13. The summed E-state index contributed by atoms with van der Waals surface area (Å²) in [5.41, 5.74) is 0.899. The van der Waals surface area contributed by atoms with Gasteiger partial charge in [0.25, 0.3) is 0 Å². The summed E-state index contributed by atoms with van der Waals surface area (Å²) in [4.78, 5) is 0. The molecule has 0 unspecified atom stereocenters. The van der Waals surface area contributed by atoms with Crippen LogP contribution < -0.4 is 0 Å². The van der Waals surface area contributed by atoms with Gasteiger partial charge in [-0.05, 0) is 23.7 Å². The lowest BCUT2D eigenvalue weighted by Gasteiger charge is -1.93. The molecule has 0 heterocycles. The van der Waals surface area contributed by atoms with Gasteiger partial charge in [-0.2, -0.15) is 0 Å². The average molecular weight is 158 g/mol. The highest BCUT2D eigenvalue weighted by molar-refractivity contribution is 6.25. The first-order valence-corrected chi connectivity index (χ1v) is 4.67. The highest BCUT2D eigenvalue weighted by Gasteiger charge is 1.92. The smallest absolute Gasteiger partial charge is 0.221 e. The molecule has 0 spiro atoms. The summed E-state index contributed by atoms with van der Waals surface area (Å²) in [6.45, 7) is 0. The molecule has 1 rings (SSSR count). The minimum atomic E-state index is -1.42. The van der Waals surface area contributed by atoms with Crippen LogP contribution in [-0.2, 0) is 6.04 Å². The molecule has 0 aliphatic heterocycles. The Morgan fingerprint density at radius 1 is 1.20 bits per heavy atom. The van der Waals surface area contributed by atoms with Gasteiger partial charge in [0.15, 0.2) is 0 Å². The monoisotopic (exact) mass is 158 g/mol. The van der Waals surface area contributed by atoms with Crippen LogP contribution in [0.3, 0.4) is 0 Å². The Hall–Kier alpha value is -0.703. The van der Waals surface area contributed by atoms with E-state index >= 15 is 0 Å². The number of hydrogen-bond donors (Lipinski definition) is 0. The highest BCUT2D eigenvalue weighted by Crippen LogP contribution is 2.02. The Labute approximate surface area is 60.9 Å². The van der Waals surface area contributed by atoms with E-state index in [1.54, 1.807) is 12.1 Å². The van der Waals surface area contributed by atoms with E-state index in [9.17, 15) is 8.50 Å². The fraction of sp³-hybridized carbons (Fsp3) is 0.143. The SMILES string of the molecule is F[SiH2]Cc1ccc(F)cc1. The fourth-order valence-corrected chi connectivity index (χ4v) is 1.31. The maximum Gasteiger partial charge on any atom is 0.221 e. The van der Waals surface area contributed by atoms with Crippen molar-refractivity contribution in [3.8, 4) is 0 Å². The molecule has 0 saturated carbocycles. The minimum Gasteiger partial charge on any atom is -0.322 e. The Morgan fingerprint density at radius 3 is 2.30 bits per heavy atom. The first-order chi connectivity index (χ1) is 4.83. The molecule has 0 amide bonds. The average Bonchev–Trinajstić information content (AvgIpc) is 1.95. The van der Waals surface area contributed by atoms with Crippen molar-refractivity contribution in [2.24, 2.45) is 0 Å². The van der Waals surface area contributed by atoms with E-state index in [-0.39, 0.29) is 5.82 Å². The zero-order valence-corrected chi connectivity index (χ0v) is 6.89. The molecular weight excluding hydrogens is 150 g/mol.